The molecule has 8 heteroatoms. The van der Waals surface area contributed by atoms with Crippen LogP contribution in [0, 0.1) is 12.8 Å². The second kappa shape index (κ2) is 8.79. The molecular formula is C22H25N5O2S. The lowest BCUT2D eigenvalue weighted by Crippen LogP contribution is -2.41. The fourth-order valence-corrected chi connectivity index (χ4v) is 4.37. The van der Waals surface area contributed by atoms with E-state index in [-0.39, 0.29) is 17.7 Å². The van der Waals surface area contributed by atoms with Gasteiger partial charge in [0.05, 0.1) is 28.8 Å². The molecule has 3 aromatic rings. The molecular weight excluding hydrogens is 398 g/mol. The zero-order chi connectivity index (χ0) is 21.1. The summed E-state index contributed by atoms with van der Waals surface area (Å²) in [6.45, 7) is 5.77. The van der Waals surface area contributed by atoms with Crippen molar-refractivity contribution in [1.29, 1.82) is 0 Å². The summed E-state index contributed by atoms with van der Waals surface area (Å²) in [6, 6.07) is 5.79. The quantitative estimate of drug-likeness (QED) is 0.676. The molecule has 0 radical (unpaired) electrons. The smallest absolute Gasteiger partial charge is 0.255 e. The predicted molar refractivity (Wildman–Crippen MR) is 117 cm³/mol. The highest BCUT2D eigenvalue weighted by Crippen LogP contribution is 2.24. The van der Waals surface area contributed by atoms with Crippen molar-refractivity contribution in [2.75, 3.05) is 18.4 Å². The van der Waals surface area contributed by atoms with Crippen molar-refractivity contribution in [1.82, 2.24) is 19.7 Å². The number of carbonyl (C=O) groups excluding carboxylic acids is 2. The lowest BCUT2D eigenvalue weighted by molar-refractivity contribution is -0.121. The molecule has 3 aromatic heterocycles. The molecule has 0 aromatic carbocycles. The maximum absolute atomic E-state index is 13.0. The molecule has 1 aliphatic rings. The van der Waals surface area contributed by atoms with Gasteiger partial charge in [0.15, 0.2) is 0 Å². The molecule has 4 rings (SSSR count). The van der Waals surface area contributed by atoms with Crippen LogP contribution in [0.4, 0.5) is 5.69 Å². The largest absolute Gasteiger partial charge is 0.339 e. The van der Waals surface area contributed by atoms with Gasteiger partial charge in [-0.3, -0.25) is 19.3 Å². The maximum atomic E-state index is 13.0. The number of thiophene rings is 1. The maximum Gasteiger partial charge on any atom is 0.255 e. The number of amides is 2. The highest BCUT2D eigenvalue weighted by Gasteiger charge is 2.28. The molecule has 7 nitrogen and oxygen atoms in total. The average molecular weight is 424 g/mol. The van der Waals surface area contributed by atoms with Gasteiger partial charge in [-0.2, -0.15) is 16.4 Å². The van der Waals surface area contributed by atoms with Crippen LogP contribution in [0.15, 0.2) is 41.4 Å². The second-order valence-corrected chi connectivity index (χ2v) is 8.26. The van der Waals surface area contributed by atoms with E-state index in [0.717, 1.165) is 23.5 Å². The third-order valence-electron chi connectivity index (χ3n) is 5.51. The molecule has 2 amide bonds. The summed E-state index contributed by atoms with van der Waals surface area (Å²) in [6.07, 6.45) is 4.79. The third-order valence-corrected chi connectivity index (χ3v) is 6.19. The first-order valence-electron chi connectivity index (χ1n) is 10.2. The van der Waals surface area contributed by atoms with E-state index >= 15 is 0 Å². The number of pyridine rings is 1. The van der Waals surface area contributed by atoms with Crippen molar-refractivity contribution in [2.24, 2.45) is 5.92 Å². The van der Waals surface area contributed by atoms with Crippen LogP contribution in [0.25, 0.3) is 11.3 Å². The average Bonchev–Trinajstić information content (AvgIpc) is 3.45. The topological polar surface area (TPSA) is 80.1 Å². The normalized spacial score (nSPS) is 14.7. The summed E-state index contributed by atoms with van der Waals surface area (Å²) in [7, 11) is 0. The number of aryl methyl sites for hydroxylation is 2. The highest BCUT2D eigenvalue weighted by molar-refractivity contribution is 7.08. The standard InChI is InChI=1S/C22H25N5O2S/c1-3-27-13-18(12-23-27)25-21(28)16-6-9-26(10-7-16)22(29)19-4-5-20(24-15(19)2)17-8-11-30-14-17/h4-5,8,11-14,16H,3,6-7,9-10H2,1-2H3,(H,25,28). The summed E-state index contributed by atoms with van der Waals surface area (Å²) >= 11 is 1.63. The molecule has 1 aliphatic heterocycles. The van der Waals surface area contributed by atoms with E-state index in [0.29, 0.717) is 37.2 Å². The molecule has 0 aliphatic carbocycles. The number of nitrogens with one attached hydrogen (secondary N) is 1. The SMILES string of the molecule is CCn1cc(NC(=O)C2CCN(C(=O)c3ccc(-c4ccsc4)nc3C)CC2)cn1. The van der Waals surface area contributed by atoms with Crippen LogP contribution in [-0.4, -0.2) is 44.6 Å². The van der Waals surface area contributed by atoms with E-state index in [9.17, 15) is 9.59 Å². The van der Waals surface area contributed by atoms with Crippen molar-refractivity contribution in [3.8, 4) is 11.3 Å². The summed E-state index contributed by atoms with van der Waals surface area (Å²) < 4.78 is 1.77. The molecule has 1 fully saturated rings. The van der Waals surface area contributed by atoms with E-state index in [2.05, 4.69) is 15.4 Å². The van der Waals surface area contributed by atoms with Crippen molar-refractivity contribution in [3.05, 3.63) is 52.6 Å². The van der Waals surface area contributed by atoms with Gasteiger partial charge in [0, 0.05) is 42.7 Å². The fraction of sp³-hybridized carbons (Fsp3) is 0.364. The number of nitrogens with zero attached hydrogens (tertiary/aromatic N) is 4. The molecule has 0 saturated carbocycles. The van der Waals surface area contributed by atoms with Crippen LogP contribution in [0.3, 0.4) is 0 Å². The molecule has 1 N–H and O–H groups in total. The van der Waals surface area contributed by atoms with Gasteiger partial charge in [0.2, 0.25) is 5.91 Å². The Labute approximate surface area is 179 Å². The van der Waals surface area contributed by atoms with Crippen LogP contribution >= 0.6 is 11.3 Å². The number of likely N-dealkylation sites (tertiary alicyclic amines) is 1. The van der Waals surface area contributed by atoms with Crippen LogP contribution in [0.1, 0.15) is 35.8 Å². The van der Waals surface area contributed by atoms with Gasteiger partial charge in [0.1, 0.15) is 0 Å². The molecule has 0 bridgehead atoms. The van der Waals surface area contributed by atoms with Crippen molar-refractivity contribution < 1.29 is 9.59 Å². The minimum absolute atomic E-state index is 0.00397. The monoisotopic (exact) mass is 423 g/mol. The molecule has 0 spiro atoms. The Kier molecular flexibility index (Phi) is 5.94. The minimum atomic E-state index is -0.0979. The number of rotatable bonds is 5. The summed E-state index contributed by atoms with van der Waals surface area (Å²) in [5.74, 6) is -0.116. The lowest BCUT2D eigenvalue weighted by Gasteiger charge is -2.31. The van der Waals surface area contributed by atoms with Gasteiger partial charge >= 0.3 is 0 Å². The number of hydrogen-bond donors (Lipinski definition) is 1. The zero-order valence-electron chi connectivity index (χ0n) is 17.2. The molecule has 0 unspecified atom stereocenters. The van der Waals surface area contributed by atoms with Gasteiger partial charge in [-0.1, -0.05) is 0 Å². The van der Waals surface area contributed by atoms with Crippen molar-refractivity contribution in [2.45, 2.75) is 33.2 Å². The number of piperidine rings is 1. The van der Waals surface area contributed by atoms with Crippen LogP contribution in [0.5, 0.6) is 0 Å². The van der Waals surface area contributed by atoms with E-state index in [1.807, 2.05) is 53.9 Å². The first-order valence-corrected chi connectivity index (χ1v) is 11.1. The molecule has 30 heavy (non-hydrogen) atoms. The third kappa shape index (κ3) is 4.28. The Balaban J connectivity index is 1.35. The van der Waals surface area contributed by atoms with Crippen molar-refractivity contribution in [3.63, 3.8) is 0 Å². The van der Waals surface area contributed by atoms with Gasteiger partial charge < -0.3 is 10.2 Å². The molecule has 156 valence electrons. The number of hydrogen-bond acceptors (Lipinski definition) is 5. The summed E-state index contributed by atoms with van der Waals surface area (Å²) in [5.41, 5.74) is 4.03. The highest BCUT2D eigenvalue weighted by atomic mass is 32.1. The molecule has 0 atom stereocenters. The zero-order valence-corrected chi connectivity index (χ0v) is 18.0. The van der Waals surface area contributed by atoms with Gasteiger partial charge in [-0.15, -0.1) is 0 Å². The molecule has 4 heterocycles. The van der Waals surface area contributed by atoms with E-state index in [4.69, 9.17) is 0 Å². The number of aromatic nitrogens is 3. The van der Waals surface area contributed by atoms with Crippen LogP contribution in [-0.2, 0) is 11.3 Å². The number of anilines is 1. The minimum Gasteiger partial charge on any atom is -0.339 e. The Hall–Kier alpha value is -3.00. The molecule has 1 saturated heterocycles. The Morgan fingerprint density at radius 3 is 2.67 bits per heavy atom. The second-order valence-electron chi connectivity index (χ2n) is 7.48. The number of carbonyl (C=O) groups is 2. The van der Waals surface area contributed by atoms with E-state index in [1.54, 1.807) is 22.2 Å². The van der Waals surface area contributed by atoms with E-state index < -0.39 is 0 Å². The Morgan fingerprint density at radius 1 is 1.23 bits per heavy atom. The Morgan fingerprint density at radius 2 is 2.03 bits per heavy atom. The fourth-order valence-electron chi connectivity index (χ4n) is 3.72. The lowest BCUT2D eigenvalue weighted by atomic mass is 9.95. The van der Waals surface area contributed by atoms with Gasteiger partial charge in [0.25, 0.3) is 5.91 Å². The first kappa shape index (κ1) is 20.3. The predicted octanol–water partition coefficient (Wildman–Crippen LogP) is 3.83. The van der Waals surface area contributed by atoms with Crippen LogP contribution in [0.2, 0.25) is 0 Å². The Bertz CT molecular complexity index is 1040. The first-order chi connectivity index (χ1) is 14.5. The van der Waals surface area contributed by atoms with Crippen LogP contribution < -0.4 is 5.32 Å². The summed E-state index contributed by atoms with van der Waals surface area (Å²) in [5, 5.41) is 11.2. The summed E-state index contributed by atoms with van der Waals surface area (Å²) in [4.78, 5) is 32.0. The van der Waals surface area contributed by atoms with Crippen molar-refractivity contribution >= 4 is 28.8 Å². The van der Waals surface area contributed by atoms with Gasteiger partial charge in [-0.25, -0.2) is 0 Å². The van der Waals surface area contributed by atoms with E-state index in [1.165, 1.54) is 0 Å². The van der Waals surface area contributed by atoms with Gasteiger partial charge in [-0.05, 0) is 50.3 Å².